The van der Waals surface area contributed by atoms with Crippen LogP contribution in [-0.2, 0) is 9.53 Å². The number of Topliss-reactive ketones (excluding diaryl/α,β-unsaturated/α-hetero) is 1. The van der Waals surface area contributed by atoms with Gasteiger partial charge in [0.25, 0.3) is 0 Å². The summed E-state index contributed by atoms with van der Waals surface area (Å²) in [5.74, 6) is 0.250. The fourth-order valence-electron chi connectivity index (χ4n) is 2.66. The van der Waals surface area contributed by atoms with Gasteiger partial charge < -0.3 is 19.5 Å². The van der Waals surface area contributed by atoms with Crippen LogP contribution in [0.15, 0.2) is 42.5 Å². The van der Waals surface area contributed by atoms with E-state index in [0.717, 1.165) is 6.42 Å². The van der Waals surface area contributed by atoms with E-state index in [1.807, 2.05) is 20.8 Å². The molecule has 0 aliphatic carbocycles. The summed E-state index contributed by atoms with van der Waals surface area (Å²) in [5.41, 5.74) is 1.26. The van der Waals surface area contributed by atoms with Crippen LogP contribution in [0, 0.1) is 5.92 Å². The molecule has 0 fully saturated rings. The van der Waals surface area contributed by atoms with Gasteiger partial charge >= 0.3 is 5.97 Å². The monoisotopic (exact) mass is 427 g/mol. The predicted molar refractivity (Wildman–Crippen MR) is 118 cm³/mol. The van der Waals surface area contributed by atoms with Crippen molar-refractivity contribution in [3.05, 3.63) is 53.6 Å². The first-order valence-electron chi connectivity index (χ1n) is 10.2. The molecule has 0 aliphatic rings. The Balaban J connectivity index is 1.94. The van der Waals surface area contributed by atoms with Crippen LogP contribution in [-0.4, -0.2) is 38.0 Å². The highest BCUT2D eigenvalue weighted by atomic mass is 16.5. The number of carbonyl (C=O) groups is 3. The molecule has 0 atom stereocenters. The van der Waals surface area contributed by atoms with Gasteiger partial charge in [-0.15, -0.1) is 0 Å². The molecule has 166 valence electrons. The number of esters is 1. The summed E-state index contributed by atoms with van der Waals surface area (Å²) >= 11 is 0. The standard InChI is InChI=1S/C24H29NO6/c1-5-6-23(27)25-19-10-7-17(8-11-19)20(26)15-31-24(28)18-9-12-21(22(13-18)29-4)30-14-16(2)3/h7-13,16H,5-6,14-15H2,1-4H3,(H,25,27). The third-order valence-corrected chi connectivity index (χ3v) is 4.27. The van der Waals surface area contributed by atoms with Gasteiger partial charge in [0.1, 0.15) is 0 Å². The summed E-state index contributed by atoms with van der Waals surface area (Å²) in [6, 6.07) is 11.2. The zero-order valence-electron chi connectivity index (χ0n) is 18.4. The molecule has 0 heterocycles. The van der Waals surface area contributed by atoms with Crippen LogP contribution in [0.2, 0.25) is 0 Å². The van der Waals surface area contributed by atoms with Crippen molar-refractivity contribution in [1.82, 2.24) is 0 Å². The van der Waals surface area contributed by atoms with Crippen molar-refractivity contribution in [3.63, 3.8) is 0 Å². The van der Waals surface area contributed by atoms with Crippen molar-refractivity contribution in [2.45, 2.75) is 33.6 Å². The third-order valence-electron chi connectivity index (χ3n) is 4.27. The Bertz CT molecular complexity index is 905. The molecule has 1 N–H and O–H groups in total. The Labute approximate surface area is 182 Å². The number of benzene rings is 2. The fourth-order valence-corrected chi connectivity index (χ4v) is 2.66. The second-order valence-corrected chi connectivity index (χ2v) is 7.45. The smallest absolute Gasteiger partial charge is 0.338 e. The molecule has 0 saturated carbocycles. The second-order valence-electron chi connectivity index (χ2n) is 7.45. The molecule has 0 unspecified atom stereocenters. The van der Waals surface area contributed by atoms with E-state index in [4.69, 9.17) is 14.2 Å². The Morgan fingerprint density at radius 3 is 2.26 bits per heavy atom. The molecular weight excluding hydrogens is 398 g/mol. The van der Waals surface area contributed by atoms with Gasteiger partial charge in [0.15, 0.2) is 23.9 Å². The summed E-state index contributed by atoms with van der Waals surface area (Å²) in [6.07, 6.45) is 1.19. The maximum atomic E-state index is 12.3. The lowest BCUT2D eigenvalue weighted by atomic mass is 10.1. The van der Waals surface area contributed by atoms with Crippen LogP contribution < -0.4 is 14.8 Å². The number of nitrogens with one attached hydrogen (secondary N) is 1. The summed E-state index contributed by atoms with van der Waals surface area (Å²) in [5, 5.41) is 2.75. The number of methoxy groups -OCH3 is 1. The lowest BCUT2D eigenvalue weighted by Gasteiger charge is -2.13. The highest BCUT2D eigenvalue weighted by molar-refractivity contribution is 6.00. The Kier molecular flexibility index (Phi) is 9.06. The van der Waals surface area contributed by atoms with Gasteiger partial charge in [-0.3, -0.25) is 9.59 Å². The van der Waals surface area contributed by atoms with E-state index in [0.29, 0.717) is 41.7 Å². The number of carbonyl (C=O) groups excluding carboxylic acids is 3. The first kappa shape index (κ1) is 23.9. The summed E-state index contributed by atoms with van der Waals surface area (Å²) in [4.78, 5) is 36.3. The van der Waals surface area contributed by atoms with E-state index in [1.165, 1.54) is 13.2 Å². The topological polar surface area (TPSA) is 90.9 Å². The van der Waals surface area contributed by atoms with E-state index in [2.05, 4.69) is 5.32 Å². The van der Waals surface area contributed by atoms with Gasteiger partial charge in [-0.1, -0.05) is 20.8 Å². The second kappa shape index (κ2) is 11.7. The number of rotatable bonds is 11. The van der Waals surface area contributed by atoms with Gasteiger partial charge in [0, 0.05) is 17.7 Å². The van der Waals surface area contributed by atoms with Crippen LogP contribution >= 0.6 is 0 Å². The van der Waals surface area contributed by atoms with Crippen LogP contribution in [0.5, 0.6) is 11.5 Å². The lowest BCUT2D eigenvalue weighted by Crippen LogP contribution is -2.15. The van der Waals surface area contributed by atoms with Crippen molar-refractivity contribution in [2.75, 3.05) is 25.6 Å². The van der Waals surface area contributed by atoms with Crippen molar-refractivity contribution in [3.8, 4) is 11.5 Å². The largest absolute Gasteiger partial charge is 0.493 e. The van der Waals surface area contributed by atoms with Gasteiger partial charge in [-0.25, -0.2) is 4.79 Å². The quantitative estimate of drug-likeness (QED) is 0.419. The van der Waals surface area contributed by atoms with E-state index in [1.54, 1.807) is 36.4 Å². The van der Waals surface area contributed by atoms with Crippen LogP contribution in [0.3, 0.4) is 0 Å². The van der Waals surface area contributed by atoms with Crippen LogP contribution in [0.25, 0.3) is 0 Å². The number of anilines is 1. The molecule has 0 saturated heterocycles. The normalized spacial score (nSPS) is 10.5. The van der Waals surface area contributed by atoms with Crippen LogP contribution in [0.1, 0.15) is 54.3 Å². The molecular formula is C24H29NO6. The maximum Gasteiger partial charge on any atom is 0.338 e. The zero-order valence-corrected chi connectivity index (χ0v) is 18.4. The molecule has 0 aromatic heterocycles. The Hall–Kier alpha value is -3.35. The van der Waals surface area contributed by atoms with Crippen molar-refractivity contribution < 1.29 is 28.6 Å². The fraction of sp³-hybridized carbons (Fsp3) is 0.375. The predicted octanol–water partition coefficient (Wildman–Crippen LogP) is 4.51. The highest BCUT2D eigenvalue weighted by Gasteiger charge is 2.15. The third kappa shape index (κ3) is 7.44. The zero-order chi connectivity index (χ0) is 22.8. The summed E-state index contributed by atoms with van der Waals surface area (Å²) in [6.45, 7) is 6.12. The molecule has 7 heteroatoms. The minimum atomic E-state index is -0.634. The number of hydrogen-bond donors (Lipinski definition) is 1. The van der Waals surface area contributed by atoms with Crippen LogP contribution in [0.4, 0.5) is 5.69 Å². The van der Waals surface area contributed by atoms with Crippen molar-refractivity contribution in [2.24, 2.45) is 5.92 Å². The first-order chi connectivity index (χ1) is 14.8. The molecule has 2 rings (SSSR count). The van der Waals surface area contributed by atoms with E-state index < -0.39 is 12.6 Å². The number of amides is 1. The minimum Gasteiger partial charge on any atom is -0.493 e. The number of ketones is 1. The maximum absolute atomic E-state index is 12.3. The highest BCUT2D eigenvalue weighted by Crippen LogP contribution is 2.28. The van der Waals surface area contributed by atoms with Crippen molar-refractivity contribution in [1.29, 1.82) is 0 Å². The summed E-state index contributed by atoms with van der Waals surface area (Å²) in [7, 11) is 1.49. The summed E-state index contributed by atoms with van der Waals surface area (Å²) < 4.78 is 16.1. The van der Waals surface area contributed by atoms with Gasteiger partial charge in [0.05, 0.1) is 19.3 Å². The molecule has 0 bridgehead atoms. The SMILES string of the molecule is CCCC(=O)Nc1ccc(C(=O)COC(=O)c2ccc(OCC(C)C)c(OC)c2)cc1. The van der Waals surface area contributed by atoms with E-state index >= 15 is 0 Å². The molecule has 7 nitrogen and oxygen atoms in total. The minimum absolute atomic E-state index is 0.0773. The van der Waals surface area contributed by atoms with E-state index in [-0.39, 0.29) is 17.3 Å². The lowest BCUT2D eigenvalue weighted by molar-refractivity contribution is -0.116. The van der Waals surface area contributed by atoms with Gasteiger partial charge in [-0.2, -0.15) is 0 Å². The Morgan fingerprint density at radius 2 is 1.65 bits per heavy atom. The molecule has 2 aromatic carbocycles. The average molecular weight is 427 g/mol. The molecule has 31 heavy (non-hydrogen) atoms. The molecule has 2 aromatic rings. The number of ether oxygens (including phenoxy) is 3. The molecule has 0 aliphatic heterocycles. The van der Waals surface area contributed by atoms with Crippen molar-refractivity contribution >= 4 is 23.3 Å². The molecule has 0 radical (unpaired) electrons. The Morgan fingerprint density at radius 1 is 0.968 bits per heavy atom. The van der Waals surface area contributed by atoms with Gasteiger partial charge in [-0.05, 0) is 54.8 Å². The first-order valence-corrected chi connectivity index (χ1v) is 10.2. The number of hydrogen-bond acceptors (Lipinski definition) is 6. The van der Waals surface area contributed by atoms with E-state index in [9.17, 15) is 14.4 Å². The molecule has 0 spiro atoms. The van der Waals surface area contributed by atoms with Gasteiger partial charge in [0.2, 0.25) is 5.91 Å². The molecule has 1 amide bonds. The average Bonchev–Trinajstić information content (AvgIpc) is 2.76.